The average molecular weight is 266 g/mol. The highest BCUT2D eigenvalue weighted by atomic mass is 32.2. The van der Waals surface area contributed by atoms with E-state index in [0.29, 0.717) is 13.0 Å². The van der Waals surface area contributed by atoms with Gasteiger partial charge in [-0.3, -0.25) is 0 Å². The summed E-state index contributed by atoms with van der Waals surface area (Å²) in [6, 6.07) is 0. The molecule has 0 unspecified atom stereocenters. The normalized spacial score (nSPS) is 12.2. The van der Waals surface area contributed by atoms with Crippen LogP contribution in [0.1, 0.15) is 13.3 Å². The fourth-order valence-electron chi connectivity index (χ4n) is 1.15. The molecule has 92 valence electrons. The van der Waals surface area contributed by atoms with Gasteiger partial charge in [-0.15, -0.1) is 10.2 Å². The Morgan fingerprint density at radius 1 is 1.44 bits per heavy atom. The molecule has 0 fully saturated rings. The van der Waals surface area contributed by atoms with Gasteiger partial charge in [0.05, 0.1) is 6.61 Å². The van der Waals surface area contributed by atoms with Gasteiger partial charge in [0.1, 0.15) is 0 Å². The fourth-order valence-corrected chi connectivity index (χ4v) is 3.59. The lowest BCUT2D eigenvalue weighted by Crippen LogP contribution is -2.34. The van der Waals surface area contributed by atoms with Gasteiger partial charge in [0.2, 0.25) is 9.47 Å². The van der Waals surface area contributed by atoms with Crippen molar-refractivity contribution in [1.29, 1.82) is 0 Å². The zero-order chi connectivity index (χ0) is 12.2. The maximum Gasteiger partial charge on any atom is 0.272 e. The summed E-state index contributed by atoms with van der Waals surface area (Å²) in [7, 11) is -3.67. The third kappa shape index (κ3) is 2.88. The molecule has 0 saturated carbocycles. The van der Waals surface area contributed by atoms with Crippen LogP contribution in [0.2, 0.25) is 0 Å². The molecule has 0 aliphatic heterocycles. The highest BCUT2D eigenvalue weighted by molar-refractivity contribution is 7.91. The van der Waals surface area contributed by atoms with E-state index in [1.807, 2.05) is 6.92 Å². The predicted octanol–water partition coefficient (Wildman–Crippen LogP) is -0.487. The van der Waals surface area contributed by atoms with Crippen molar-refractivity contribution in [3.63, 3.8) is 0 Å². The number of aliphatic hydroxyl groups excluding tert-OH is 1. The van der Waals surface area contributed by atoms with Gasteiger partial charge < -0.3 is 10.8 Å². The minimum absolute atomic E-state index is 0.0512. The van der Waals surface area contributed by atoms with E-state index in [4.69, 9.17) is 10.8 Å². The van der Waals surface area contributed by atoms with Crippen LogP contribution in [0, 0.1) is 0 Å². The highest BCUT2D eigenvalue weighted by Crippen LogP contribution is 2.21. The molecule has 0 aliphatic rings. The zero-order valence-electron chi connectivity index (χ0n) is 8.83. The van der Waals surface area contributed by atoms with Crippen LogP contribution in [-0.4, -0.2) is 47.7 Å². The average Bonchev–Trinajstić information content (AvgIpc) is 2.65. The number of aromatic nitrogens is 2. The van der Waals surface area contributed by atoms with Crippen molar-refractivity contribution < 1.29 is 13.5 Å². The lowest BCUT2D eigenvalue weighted by molar-refractivity contribution is 0.253. The third-order valence-electron chi connectivity index (χ3n) is 1.81. The molecule has 1 rings (SSSR count). The maximum atomic E-state index is 12.0. The number of rotatable bonds is 6. The van der Waals surface area contributed by atoms with Crippen molar-refractivity contribution in [2.24, 2.45) is 0 Å². The molecule has 0 aromatic carbocycles. The Balaban J connectivity index is 2.97. The van der Waals surface area contributed by atoms with Gasteiger partial charge in [-0.1, -0.05) is 18.3 Å². The van der Waals surface area contributed by atoms with E-state index in [0.717, 1.165) is 11.3 Å². The highest BCUT2D eigenvalue weighted by Gasteiger charge is 2.27. The Bertz CT molecular complexity index is 425. The predicted molar refractivity (Wildman–Crippen MR) is 60.5 cm³/mol. The van der Waals surface area contributed by atoms with Crippen LogP contribution in [0.4, 0.5) is 5.13 Å². The van der Waals surface area contributed by atoms with Gasteiger partial charge >= 0.3 is 0 Å². The van der Waals surface area contributed by atoms with Gasteiger partial charge in [0.15, 0.2) is 0 Å². The van der Waals surface area contributed by atoms with Gasteiger partial charge in [-0.2, -0.15) is 4.31 Å². The first-order chi connectivity index (χ1) is 7.52. The molecule has 1 aromatic rings. The van der Waals surface area contributed by atoms with E-state index in [1.54, 1.807) is 0 Å². The first kappa shape index (κ1) is 13.3. The van der Waals surface area contributed by atoms with Crippen LogP contribution < -0.4 is 5.73 Å². The molecule has 16 heavy (non-hydrogen) atoms. The molecule has 0 radical (unpaired) electrons. The number of aliphatic hydroxyl groups is 1. The quantitative estimate of drug-likeness (QED) is 0.719. The SMILES string of the molecule is CCCN(CCO)S(=O)(=O)c1nnc(N)s1. The van der Waals surface area contributed by atoms with Gasteiger partial charge in [0, 0.05) is 13.1 Å². The van der Waals surface area contributed by atoms with E-state index in [-0.39, 0.29) is 22.6 Å². The van der Waals surface area contributed by atoms with Crippen molar-refractivity contribution >= 4 is 26.5 Å². The number of anilines is 1. The number of nitrogens with two attached hydrogens (primary N) is 1. The molecule has 0 amide bonds. The smallest absolute Gasteiger partial charge is 0.272 e. The molecule has 7 nitrogen and oxygen atoms in total. The van der Waals surface area contributed by atoms with Crippen molar-refractivity contribution in [3.05, 3.63) is 0 Å². The topological polar surface area (TPSA) is 109 Å². The van der Waals surface area contributed by atoms with Crippen molar-refractivity contribution in [3.8, 4) is 0 Å². The minimum atomic E-state index is -3.67. The van der Waals surface area contributed by atoms with E-state index in [2.05, 4.69) is 10.2 Å². The molecule has 0 saturated heterocycles. The Labute approximate surface area is 98.0 Å². The number of hydrogen-bond donors (Lipinski definition) is 2. The summed E-state index contributed by atoms with van der Waals surface area (Å²) in [6.07, 6.45) is 0.660. The summed E-state index contributed by atoms with van der Waals surface area (Å²) >= 11 is 0.819. The summed E-state index contributed by atoms with van der Waals surface area (Å²) in [6.45, 7) is 2.01. The zero-order valence-corrected chi connectivity index (χ0v) is 10.5. The van der Waals surface area contributed by atoms with Crippen LogP contribution in [0.5, 0.6) is 0 Å². The first-order valence-corrected chi connectivity index (χ1v) is 6.98. The van der Waals surface area contributed by atoms with E-state index >= 15 is 0 Å². The van der Waals surface area contributed by atoms with Crippen molar-refractivity contribution in [2.75, 3.05) is 25.4 Å². The molecule has 0 spiro atoms. The van der Waals surface area contributed by atoms with Crippen LogP contribution in [0.15, 0.2) is 4.34 Å². The molecule has 0 aliphatic carbocycles. The fraction of sp³-hybridized carbons (Fsp3) is 0.714. The van der Waals surface area contributed by atoms with Crippen LogP contribution in [0.3, 0.4) is 0 Å². The molecular weight excluding hydrogens is 252 g/mol. The second-order valence-corrected chi connectivity index (χ2v) is 6.15. The molecule has 1 aromatic heterocycles. The van der Waals surface area contributed by atoms with E-state index < -0.39 is 10.0 Å². The number of nitrogen functional groups attached to an aromatic ring is 1. The Kier molecular flexibility index (Phi) is 4.59. The minimum Gasteiger partial charge on any atom is -0.395 e. The number of nitrogens with zero attached hydrogens (tertiary/aromatic N) is 3. The van der Waals surface area contributed by atoms with Gasteiger partial charge in [-0.25, -0.2) is 8.42 Å². The van der Waals surface area contributed by atoms with Crippen LogP contribution in [-0.2, 0) is 10.0 Å². The van der Waals surface area contributed by atoms with E-state index in [9.17, 15) is 8.42 Å². The molecular formula is C7H14N4O3S2. The largest absolute Gasteiger partial charge is 0.395 e. The lowest BCUT2D eigenvalue weighted by Gasteiger charge is -2.18. The van der Waals surface area contributed by atoms with Gasteiger partial charge in [-0.05, 0) is 6.42 Å². The van der Waals surface area contributed by atoms with Crippen LogP contribution >= 0.6 is 11.3 Å². The molecule has 0 bridgehead atoms. The van der Waals surface area contributed by atoms with E-state index in [1.165, 1.54) is 4.31 Å². The third-order valence-corrected chi connectivity index (χ3v) is 4.80. The second-order valence-electron chi connectivity index (χ2n) is 3.03. The Morgan fingerprint density at radius 3 is 2.56 bits per heavy atom. The Hall–Kier alpha value is -0.770. The molecule has 0 atom stereocenters. The molecule has 9 heteroatoms. The lowest BCUT2D eigenvalue weighted by atomic mass is 10.5. The van der Waals surface area contributed by atoms with Crippen molar-refractivity contribution in [1.82, 2.24) is 14.5 Å². The molecule has 1 heterocycles. The standard InChI is InChI=1S/C7H14N4O3S2/c1-2-3-11(4-5-12)16(13,14)7-10-9-6(8)15-7/h12H,2-5H2,1H3,(H2,8,9). The number of hydrogen-bond acceptors (Lipinski definition) is 7. The number of sulfonamides is 1. The monoisotopic (exact) mass is 266 g/mol. The maximum absolute atomic E-state index is 12.0. The second kappa shape index (κ2) is 5.53. The summed E-state index contributed by atoms with van der Waals surface area (Å²) in [5.74, 6) is 0. The first-order valence-electron chi connectivity index (χ1n) is 4.72. The van der Waals surface area contributed by atoms with Gasteiger partial charge in [0.25, 0.3) is 10.0 Å². The molecule has 3 N–H and O–H groups in total. The van der Waals surface area contributed by atoms with Crippen LogP contribution in [0.25, 0.3) is 0 Å². The van der Waals surface area contributed by atoms with Crippen molar-refractivity contribution in [2.45, 2.75) is 17.7 Å². The Morgan fingerprint density at radius 2 is 2.12 bits per heavy atom. The summed E-state index contributed by atoms with van der Waals surface area (Å²) in [5.41, 5.74) is 5.34. The summed E-state index contributed by atoms with van der Waals surface area (Å²) in [5, 5.41) is 15.9. The summed E-state index contributed by atoms with van der Waals surface area (Å²) in [4.78, 5) is 0. The summed E-state index contributed by atoms with van der Waals surface area (Å²) < 4.78 is 25.0.